The third kappa shape index (κ3) is 5.17. The number of aliphatic hydroxyl groups is 1. The van der Waals surface area contributed by atoms with Crippen molar-refractivity contribution in [2.75, 3.05) is 6.61 Å². The maximum atomic E-state index is 11.1. The smallest absolute Gasteiger partial charge is 0.335 e. The molecule has 0 bridgehead atoms. The fourth-order valence-corrected chi connectivity index (χ4v) is 1.11. The number of hydrogen-bond acceptors (Lipinski definition) is 4. The van der Waals surface area contributed by atoms with E-state index in [9.17, 15) is 4.79 Å². The summed E-state index contributed by atoms with van der Waals surface area (Å²) in [4.78, 5) is 11.1. The van der Waals surface area contributed by atoms with Crippen LogP contribution in [0.4, 0.5) is 0 Å². The van der Waals surface area contributed by atoms with Crippen LogP contribution in [0.25, 0.3) is 0 Å². The first-order valence-electron chi connectivity index (χ1n) is 5.37. The number of aliphatic hydroxyl groups excluding tert-OH is 1. The summed E-state index contributed by atoms with van der Waals surface area (Å²) in [5.41, 5.74) is 0. The number of allylic oxidation sites excluding steroid dienone is 1. The van der Waals surface area contributed by atoms with E-state index in [1.807, 2.05) is 0 Å². The van der Waals surface area contributed by atoms with Crippen LogP contribution in [0.2, 0.25) is 0 Å². The van der Waals surface area contributed by atoms with Gasteiger partial charge in [0, 0.05) is 6.08 Å². The molecule has 0 aliphatic rings. The van der Waals surface area contributed by atoms with Crippen molar-refractivity contribution in [1.82, 2.24) is 0 Å². The van der Waals surface area contributed by atoms with Gasteiger partial charge in [-0.3, -0.25) is 0 Å². The number of carbonyl (C=O) groups is 1. The number of benzene rings is 1. The van der Waals surface area contributed by atoms with Gasteiger partial charge in [0.15, 0.2) is 0 Å². The molecule has 0 aliphatic carbocycles. The Morgan fingerprint density at radius 3 is 2.47 bits per heavy atom. The van der Waals surface area contributed by atoms with Crippen LogP contribution in [-0.4, -0.2) is 23.8 Å². The Balaban J connectivity index is 2.53. The van der Waals surface area contributed by atoms with E-state index in [1.54, 1.807) is 44.2 Å². The summed E-state index contributed by atoms with van der Waals surface area (Å²) >= 11 is 0. The Bertz CT molecular complexity index is 379. The highest BCUT2D eigenvalue weighted by molar-refractivity contribution is 5.83. The van der Waals surface area contributed by atoms with E-state index in [4.69, 9.17) is 14.6 Å². The number of carbonyl (C=O) groups excluding carboxylic acids is 1. The minimum Gasteiger partial charge on any atom is -0.491 e. The van der Waals surface area contributed by atoms with Gasteiger partial charge in [-0.05, 0) is 38.1 Å². The number of rotatable bonds is 5. The van der Waals surface area contributed by atoms with Crippen LogP contribution in [-0.2, 0) is 4.79 Å². The highest BCUT2D eigenvalue weighted by Gasteiger charge is 2.01. The van der Waals surface area contributed by atoms with E-state index in [1.165, 1.54) is 6.08 Å². The lowest BCUT2D eigenvalue weighted by Gasteiger charge is -2.08. The van der Waals surface area contributed by atoms with Crippen molar-refractivity contribution in [3.63, 3.8) is 0 Å². The number of hydrogen-bond donors (Lipinski definition) is 1. The lowest BCUT2D eigenvalue weighted by molar-refractivity contribution is -0.129. The molecule has 0 saturated carbocycles. The molecule has 0 amide bonds. The average Bonchev–Trinajstić information content (AvgIpc) is 2.28. The summed E-state index contributed by atoms with van der Waals surface area (Å²) in [6.07, 6.45) is 2.45. The van der Waals surface area contributed by atoms with Crippen molar-refractivity contribution in [2.24, 2.45) is 0 Å². The summed E-state index contributed by atoms with van der Waals surface area (Å²) < 4.78 is 10.3. The fourth-order valence-electron chi connectivity index (χ4n) is 1.11. The molecular formula is C13H16O4. The molecule has 92 valence electrons. The van der Waals surface area contributed by atoms with E-state index in [0.717, 1.165) is 0 Å². The first-order valence-corrected chi connectivity index (χ1v) is 5.37. The van der Waals surface area contributed by atoms with Gasteiger partial charge in [0.2, 0.25) is 0 Å². The van der Waals surface area contributed by atoms with Gasteiger partial charge in [-0.1, -0.05) is 6.08 Å². The zero-order valence-electron chi connectivity index (χ0n) is 9.92. The quantitative estimate of drug-likeness (QED) is 0.482. The largest absolute Gasteiger partial charge is 0.491 e. The normalized spacial score (nSPS) is 12.4. The van der Waals surface area contributed by atoms with Gasteiger partial charge in [-0.25, -0.2) is 4.79 Å². The van der Waals surface area contributed by atoms with E-state index in [2.05, 4.69) is 0 Å². The molecule has 1 atom stereocenters. The second-order valence-electron chi connectivity index (χ2n) is 3.55. The molecule has 0 aromatic heterocycles. The predicted octanol–water partition coefficient (Wildman–Crippen LogP) is 1.93. The van der Waals surface area contributed by atoms with Crippen LogP contribution in [0, 0.1) is 0 Å². The highest BCUT2D eigenvalue weighted by Crippen LogP contribution is 2.17. The lowest BCUT2D eigenvalue weighted by atomic mass is 10.3. The summed E-state index contributed by atoms with van der Waals surface area (Å²) in [6, 6.07) is 6.64. The Morgan fingerprint density at radius 2 is 1.94 bits per heavy atom. The van der Waals surface area contributed by atoms with Crippen LogP contribution < -0.4 is 9.47 Å². The molecule has 4 heteroatoms. The summed E-state index contributed by atoms with van der Waals surface area (Å²) in [6.45, 7) is 3.62. The number of esters is 1. The SMILES string of the molecule is CC=CC(=O)Oc1ccc(OCC(C)O)cc1. The van der Waals surface area contributed by atoms with Crippen molar-refractivity contribution >= 4 is 5.97 Å². The molecule has 0 spiro atoms. The van der Waals surface area contributed by atoms with Crippen LogP contribution in [0.5, 0.6) is 11.5 Å². The molecular weight excluding hydrogens is 220 g/mol. The van der Waals surface area contributed by atoms with Gasteiger partial charge in [-0.15, -0.1) is 0 Å². The van der Waals surface area contributed by atoms with Crippen molar-refractivity contribution in [3.05, 3.63) is 36.4 Å². The predicted molar refractivity (Wildman–Crippen MR) is 64.1 cm³/mol. The molecule has 1 unspecified atom stereocenters. The Labute approximate surface area is 100 Å². The molecule has 0 heterocycles. The van der Waals surface area contributed by atoms with E-state index >= 15 is 0 Å². The van der Waals surface area contributed by atoms with Gasteiger partial charge in [0.25, 0.3) is 0 Å². The molecule has 1 aromatic carbocycles. The van der Waals surface area contributed by atoms with E-state index < -0.39 is 12.1 Å². The van der Waals surface area contributed by atoms with Gasteiger partial charge < -0.3 is 14.6 Å². The topological polar surface area (TPSA) is 55.8 Å². The summed E-state index contributed by atoms with van der Waals surface area (Å²) in [5.74, 6) is 0.666. The van der Waals surface area contributed by atoms with Gasteiger partial charge in [0.1, 0.15) is 18.1 Å². The zero-order valence-corrected chi connectivity index (χ0v) is 9.92. The van der Waals surface area contributed by atoms with E-state index in [-0.39, 0.29) is 6.61 Å². The van der Waals surface area contributed by atoms with Crippen LogP contribution in [0.15, 0.2) is 36.4 Å². The Kier molecular flexibility index (Phi) is 5.23. The Hall–Kier alpha value is -1.81. The second-order valence-corrected chi connectivity index (χ2v) is 3.55. The lowest BCUT2D eigenvalue weighted by Crippen LogP contribution is -2.12. The maximum absolute atomic E-state index is 11.1. The first kappa shape index (κ1) is 13.3. The molecule has 17 heavy (non-hydrogen) atoms. The highest BCUT2D eigenvalue weighted by atomic mass is 16.5. The minimum atomic E-state index is -0.512. The van der Waals surface area contributed by atoms with Crippen molar-refractivity contribution < 1.29 is 19.4 Å². The first-order chi connectivity index (χ1) is 8.11. The van der Waals surface area contributed by atoms with Crippen molar-refractivity contribution in [2.45, 2.75) is 20.0 Å². The standard InChI is InChI=1S/C13H16O4/c1-3-4-13(15)17-12-7-5-11(6-8-12)16-9-10(2)14/h3-8,10,14H,9H2,1-2H3. The van der Waals surface area contributed by atoms with Crippen LogP contribution >= 0.6 is 0 Å². The monoisotopic (exact) mass is 236 g/mol. The maximum Gasteiger partial charge on any atom is 0.335 e. The van der Waals surface area contributed by atoms with Crippen LogP contribution in [0.1, 0.15) is 13.8 Å². The number of ether oxygens (including phenoxy) is 2. The molecule has 0 fully saturated rings. The average molecular weight is 236 g/mol. The molecule has 1 aromatic rings. The van der Waals surface area contributed by atoms with Gasteiger partial charge >= 0.3 is 5.97 Å². The molecule has 1 N–H and O–H groups in total. The van der Waals surface area contributed by atoms with E-state index in [0.29, 0.717) is 11.5 Å². The minimum absolute atomic E-state index is 0.234. The summed E-state index contributed by atoms with van der Waals surface area (Å²) in [5, 5.41) is 9.04. The third-order valence-electron chi connectivity index (χ3n) is 1.84. The molecule has 0 radical (unpaired) electrons. The molecule has 0 saturated heterocycles. The van der Waals surface area contributed by atoms with Crippen molar-refractivity contribution in [3.8, 4) is 11.5 Å². The van der Waals surface area contributed by atoms with Crippen molar-refractivity contribution in [1.29, 1.82) is 0 Å². The second kappa shape index (κ2) is 6.70. The fraction of sp³-hybridized carbons (Fsp3) is 0.308. The molecule has 4 nitrogen and oxygen atoms in total. The Morgan fingerprint density at radius 1 is 1.35 bits per heavy atom. The van der Waals surface area contributed by atoms with Gasteiger partial charge in [-0.2, -0.15) is 0 Å². The zero-order chi connectivity index (χ0) is 12.7. The molecule has 1 rings (SSSR count). The van der Waals surface area contributed by atoms with Crippen LogP contribution in [0.3, 0.4) is 0 Å². The van der Waals surface area contributed by atoms with Gasteiger partial charge in [0.05, 0.1) is 6.10 Å². The summed E-state index contributed by atoms with van der Waals surface area (Å²) in [7, 11) is 0. The third-order valence-corrected chi connectivity index (χ3v) is 1.84. The molecule has 0 aliphatic heterocycles.